The molecule has 3 rings (SSSR count). The molecule has 2 aromatic carbocycles. The zero-order valence-electron chi connectivity index (χ0n) is 20.5. The highest BCUT2D eigenvalue weighted by Gasteiger charge is 2.35. The van der Waals surface area contributed by atoms with Crippen molar-refractivity contribution in [2.75, 3.05) is 33.3 Å². The van der Waals surface area contributed by atoms with Crippen LogP contribution in [0.3, 0.4) is 0 Å². The third-order valence-corrected chi connectivity index (χ3v) is 6.54. The van der Waals surface area contributed by atoms with E-state index in [4.69, 9.17) is 4.74 Å². The van der Waals surface area contributed by atoms with Crippen LogP contribution in [0.15, 0.2) is 48.5 Å². The zero-order chi connectivity index (χ0) is 24.7. The first-order chi connectivity index (χ1) is 16.4. The van der Waals surface area contributed by atoms with E-state index < -0.39 is 6.04 Å². The zero-order valence-corrected chi connectivity index (χ0v) is 20.5. The number of carbonyl (C=O) groups excluding carboxylic acids is 3. The molecule has 1 heterocycles. The summed E-state index contributed by atoms with van der Waals surface area (Å²) in [6.45, 7) is 8.07. The van der Waals surface area contributed by atoms with Crippen molar-refractivity contribution in [2.24, 2.45) is 5.92 Å². The lowest BCUT2D eigenvalue weighted by atomic mass is 9.87. The number of likely N-dealkylation sites (tertiary alicyclic amines) is 1. The molecule has 0 radical (unpaired) electrons. The first-order valence-corrected chi connectivity index (χ1v) is 12.0. The molecule has 182 valence electrons. The number of benzene rings is 2. The van der Waals surface area contributed by atoms with E-state index in [1.165, 1.54) is 0 Å². The first kappa shape index (κ1) is 25.3. The number of likely N-dealkylation sites (N-methyl/N-ethyl adjacent to an activating group) is 1. The van der Waals surface area contributed by atoms with Crippen LogP contribution in [0.1, 0.15) is 53.0 Å². The van der Waals surface area contributed by atoms with Crippen molar-refractivity contribution in [3.8, 4) is 5.75 Å². The largest absolute Gasteiger partial charge is 0.497 e. The van der Waals surface area contributed by atoms with Crippen LogP contribution in [0.5, 0.6) is 5.75 Å². The molecule has 0 unspecified atom stereocenters. The fourth-order valence-corrected chi connectivity index (χ4v) is 4.48. The second kappa shape index (κ2) is 11.7. The van der Waals surface area contributed by atoms with Crippen LogP contribution in [-0.4, -0.2) is 66.9 Å². The summed E-state index contributed by atoms with van der Waals surface area (Å²) in [5.74, 6) is 0.326. The number of aryl methyl sites for hydroxylation is 1. The average molecular weight is 466 g/mol. The Balaban J connectivity index is 1.72. The Labute approximate surface area is 202 Å². The summed E-state index contributed by atoms with van der Waals surface area (Å²) in [5.41, 5.74) is 2.15. The molecular weight excluding hydrogens is 430 g/mol. The van der Waals surface area contributed by atoms with Crippen molar-refractivity contribution in [1.82, 2.24) is 15.1 Å². The summed E-state index contributed by atoms with van der Waals surface area (Å²) in [5, 5.41) is 3.02. The van der Waals surface area contributed by atoms with Crippen LogP contribution in [-0.2, 0) is 4.79 Å². The van der Waals surface area contributed by atoms with Crippen molar-refractivity contribution in [2.45, 2.75) is 39.7 Å². The highest BCUT2D eigenvalue weighted by atomic mass is 16.5. The molecule has 0 spiro atoms. The maximum Gasteiger partial charge on any atom is 0.253 e. The number of nitrogens with one attached hydrogen (secondary N) is 1. The normalized spacial score (nSPS) is 14.9. The highest BCUT2D eigenvalue weighted by molar-refractivity contribution is 5.98. The van der Waals surface area contributed by atoms with Gasteiger partial charge in [0.15, 0.2) is 0 Å². The number of hydrogen-bond acceptors (Lipinski definition) is 4. The molecule has 0 aliphatic carbocycles. The monoisotopic (exact) mass is 465 g/mol. The predicted octanol–water partition coefficient (Wildman–Crippen LogP) is 3.52. The molecule has 2 aromatic rings. The summed E-state index contributed by atoms with van der Waals surface area (Å²) in [7, 11) is 1.59. The summed E-state index contributed by atoms with van der Waals surface area (Å²) in [6.07, 6.45) is 1.29. The molecule has 3 amide bonds. The Hall–Kier alpha value is -3.35. The van der Waals surface area contributed by atoms with Gasteiger partial charge in [0.25, 0.3) is 11.8 Å². The molecule has 1 N–H and O–H groups in total. The number of nitrogens with zero attached hydrogens (tertiary/aromatic N) is 2. The number of rotatable bonds is 8. The molecule has 1 saturated heterocycles. The molecule has 7 nitrogen and oxygen atoms in total. The van der Waals surface area contributed by atoms with Crippen LogP contribution in [0.25, 0.3) is 0 Å². The number of carbonyl (C=O) groups is 3. The third-order valence-electron chi connectivity index (χ3n) is 6.54. The van der Waals surface area contributed by atoms with Gasteiger partial charge < -0.3 is 19.9 Å². The lowest BCUT2D eigenvalue weighted by Gasteiger charge is -2.37. The van der Waals surface area contributed by atoms with Gasteiger partial charge in [0.1, 0.15) is 11.8 Å². The molecule has 34 heavy (non-hydrogen) atoms. The van der Waals surface area contributed by atoms with Gasteiger partial charge in [-0.25, -0.2) is 0 Å². The maximum absolute atomic E-state index is 13.4. The second-order valence-electron chi connectivity index (χ2n) is 8.69. The van der Waals surface area contributed by atoms with E-state index >= 15 is 0 Å². The van der Waals surface area contributed by atoms with E-state index in [0.717, 1.165) is 5.56 Å². The van der Waals surface area contributed by atoms with E-state index in [0.29, 0.717) is 55.9 Å². The Bertz CT molecular complexity index is 993. The van der Waals surface area contributed by atoms with Crippen LogP contribution in [0.4, 0.5) is 0 Å². The number of amides is 3. The van der Waals surface area contributed by atoms with Gasteiger partial charge in [-0.1, -0.05) is 17.7 Å². The summed E-state index contributed by atoms with van der Waals surface area (Å²) < 4.78 is 5.17. The van der Waals surface area contributed by atoms with Gasteiger partial charge in [-0.2, -0.15) is 0 Å². The van der Waals surface area contributed by atoms with Crippen molar-refractivity contribution in [3.63, 3.8) is 0 Å². The standard InChI is InChI=1S/C27H35N3O4/c1-5-29(6-2)27(33)24(28-25(31)22-9-7-8-19(3)18-22)20-14-16-30(17-15-20)26(32)21-10-12-23(34-4)13-11-21/h7-13,18,20,24H,5-6,14-17H2,1-4H3,(H,28,31)/t24-/m0/s1. The van der Waals surface area contributed by atoms with E-state index in [9.17, 15) is 14.4 Å². The van der Waals surface area contributed by atoms with Crippen molar-refractivity contribution < 1.29 is 19.1 Å². The van der Waals surface area contributed by atoms with Crippen LogP contribution < -0.4 is 10.1 Å². The fourth-order valence-electron chi connectivity index (χ4n) is 4.48. The lowest BCUT2D eigenvalue weighted by molar-refractivity contribution is -0.134. The lowest BCUT2D eigenvalue weighted by Crippen LogP contribution is -2.54. The van der Waals surface area contributed by atoms with Gasteiger partial charge in [-0.05, 0) is 75.9 Å². The van der Waals surface area contributed by atoms with Gasteiger partial charge in [0.05, 0.1) is 7.11 Å². The molecule has 1 atom stereocenters. The highest BCUT2D eigenvalue weighted by Crippen LogP contribution is 2.24. The first-order valence-electron chi connectivity index (χ1n) is 12.0. The summed E-state index contributed by atoms with van der Waals surface area (Å²) in [4.78, 5) is 42.9. The van der Waals surface area contributed by atoms with E-state index in [-0.39, 0.29) is 23.6 Å². The minimum absolute atomic E-state index is 0.0310. The van der Waals surface area contributed by atoms with E-state index in [1.807, 2.05) is 43.9 Å². The number of methoxy groups -OCH3 is 1. The van der Waals surface area contributed by atoms with Gasteiger partial charge in [-0.15, -0.1) is 0 Å². The van der Waals surface area contributed by atoms with Gasteiger partial charge in [0, 0.05) is 37.3 Å². The van der Waals surface area contributed by atoms with Gasteiger partial charge in [0.2, 0.25) is 5.91 Å². The molecular formula is C27H35N3O4. The number of piperidine rings is 1. The minimum Gasteiger partial charge on any atom is -0.497 e. The number of ether oxygens (including phenoxy) is 1. The topological polar surface area (TPSA) is 79.0 Å². The van der Waals surface area contributed by atoms with Crippen molar-refractivity contribution in [1.29, 1.82) is 0 Å². The third kappa shape index (κ3) is 5.95. The SMILES string of the molecule is CCN(CC)C(=O)[C@@H](NC(=O)c1cccc(C)c1)C1CCN(C(=O)c2ccc(OC)cc2)CC1. The maximum atomic E-state index is 13.4. The fraction of sp³-hybridized carbons (Fsp3) is 0.444. The molecule has 1 aliphatic rings. The van der Waals surface area contributed by atoms with Gasteiger partial charge in [-0.3, -0.25) is 14.4 Å². The minimum atomic E-state index is -0.619. The quantitative estimate of drug-likeness (QED) is 0.647. The van der Waals surface area contributed by atoms with Crippen molar-refractivity contribution >= 4 is 17.7 Å². The summed E-state index contributed by atoms with van der Waals surface area (Å²) in [6, 6.07) is 13.8. The predicted molar refractivity (Wildman–Crippen MR) is 132 cm³/mol. The molecule has 1 fully saturated rings. The molecule has 0 aromatic heterocycles. The second-order valence-corrected chi connectivity index (χ2v) is 8.69. The van der Waals surface area contributed by atoms with Crippen molar-refractivity contribution in [3.05, 3.63) is 65.2 Å². The Kier molecular flexibility index (Phi) is 8.68. The van der Waals surface area contributed by atoms with Gasteiger partial charge >= 0.3 is 0 Å². The molecule has 1 aliphatic heterocycles. The Morgan fingerprint density at radius 3 is 2.24 bits per heavy atom. The molecule has 0 saturated carbocycles. The average Bonchev–Trinajstić information content (AvgIpc) is 2.87. The Morgan fingerprint density at radius 2 is 1.68 bits per heavy atom. The molecule has 7 heteroatoms. The smallest absolute Gasteiger partial charge is 0.253 e. The number of hydrogen-bond donors (Lipinski definition) is 1. The molecule has 0 bridgehead atoms. The summed E-state index contributed by atoms with van der Waals surface area (Å²) >= 11 is 0. The van der Waals surface area contributed by atoms with E-state index in [2.05, 4.69) is 5.32 Å². The van der Waals surface area contributed by atoms with Crippen LogP contribution >= 0.6 is 0 Å². The van der Waals surface area contributed by atoms with Crippen LogP contribution in [0, 0.1) is 12.8 Å². The van der Waals surface area contributed by atoms with Crippen LogP contribution in [0.2, 0.25) is 0 Å². The van der Waals surface area contributed by atoms with E-state index in [1.54, 1.807) is 42.3 Å². The Morgan fingerprint density at radius 1 is 1.03 bits per heavy atom.